The number of aryl methyl sites for hydroxylation is 1. The molecule has 17 heteroatoms. The van der Waals surface area contributed by atoms with Gasteiger partial charge in [0.2, 0.25) is 0 Å². The van der Waals surface area contributed by atoms with Crippen LogP contribution in [0.2, 0.25) is 0 Å². The molecule has 0 saturated heterocycles. The Morgan fingerprint density at radius 1 is 0.725 bits per heavy atom. The first kappa shape index (κ1) is 53.8. The molecule has 0 bridgehead atoms. The van der Waals surface area contributed by atoms with E-state index in [-0.39, 0.29) is 24.7 Å². The Morgan fingerprint density at radius 3 is 1.72 bits per heavy atom. The molecule has 4 aromatic carbocycles. The van der Waals surface area contributed by atoms with Crippen molar-refractivity contribution in [3.63, 3.8) is 0 Å². The van der Waals surface area contributed by atoms with Gasteiger partial charge in [-0.2, -0.15) is 31.6 Å². The van der Waals surface area contributed by atoms with Crippen molar-refractivity contribution >= 4 is 22.5 Å². The predicted octanol–water partition coefficient (Wildman–Crippen LogP) is 10.4. The number of hydrogen-bond acceptors (Lipinski definition) is 9. The summed E-state index contributed by atoms with van der Waals surface area (Å²) in [5.41, 5.74) is 11.9. The van der Waals surface area contributed by atoms with Crippen LogP contribution in [0.1, 0.15) is 85.0 Å². The van der Waals surface area contributed by atoms with E-state index in [1.54, 1.807) is 36.4 Å². The zero-order valence-corrected chi connectivity index (χ0v) is 39.1. The number of aliphatic hydroxyl groups is 2. The quantitative estimate of drug-likeness (QED) is 0.0383. The molecule has 11 nitrogen and oxygen atoms in total. The number of nitrogens with zero attached hydrogens (tertiary/aromatic N) is 3. The van der Waals surface area contributed by atoms with E-state index in [0.717, 1.165) is 84.8 Å². The summed E-state index contributed by atoms with van der Waals surface area (Å²) in [5.74, 6) is 0.932. The highest BCUT2D eigenvalue weighted by molar-refractivity contribution is 6.00. The summed E-state index contributed by atoms with van der Waals surface area (Å²) in [6, 6.07) is 25.0. The number of halogens is 6. The number of anilines is 1. The molecule has 6 rings (SSSR count). The summed E-state index contributed by atoms with van der Waals surface area (Å²) >= 11 is 0. The number of benzene rings is 4. The number of para-hydroxylation sites is 4. The van der Waals surface area contributed by atoms with Gasteiger partial charge >= 0.3 is 12.4 Å². The lowest BCUT2D eigenvalue weighted by Gasteiger charge is -2.22. The van der Waals surface area contributed by atoms with Gasteiger partial charge in [0.25, 0.3) is 5.91 Å². The van der Waals surface area contributed by atoms with Crippen LogP contribution in [-0.2, 0) is 25.8 Å². The van der Waals surface area contributed by atoms with Crippen LogP contribution in [0.5, 0.6) is 23.0 Å². The fourth-order valence-electron chi connectivity index (χ4n) is 8.46. The lowest BCUT2D eigenvalue weighted by atomic mass is 9.93. The molecule has 0 aliphatic carbocycles. The Morgan fingerprint density at radius 2 is 1.23 bits per heavy atom. The molecular formula is C52H62F6N4O7. The molecule has 1 aliphatic heterocycles. The van der Waals surface area contributed by atoms with Crippen molar-refractivity contribution in [1.29, 1.82) is 5.26 Å². The van der Waals surface area contributed by atoms with Crippen LogP contribution >= 0.6 is 0 Å². The van der Waals surface area contributed by atoms with Crippen LogP contribution in [0.15, 0.2) is 85.1 Å². The largest absolute Gasteiger partial charge is 0.490 e. The van der Waals surface area contributed by atoms with E-state index in [1.165, 1.54) is 12.1 Å². The molecule has 1 aromatic heterocycles. The number of fused-ring (bicyclic) bond motifs is 2. The maximum absolute atomic E-state index is 12.5. The predicted molar refractivity (Wildman–Crippen MR) is 252 cm³/mol. The van der Waals surface area contributed by atoms with Crippen molar-refractivity contribution in [2.24, 2.45) is 17.6 Å². The molecule has 0 radical (unpaired) electrons. The maximum Gasteiger partial charge on any atom is 0.422 e. The van der Waals surface area contributed by atoms with Crippen molar-refractivity contribution < 1.29 is 60.3 Å². The van der Waals surface area contributed by atoms with E-state index in [0.29, 0.717) is 73.6 Å². The topological polar surface area (TPSA) is 152 Å². The van der Waals surface area contributed by atoms with Gasteiger partial charge in [-0.05, 0) is 135 Å². The molecule has 5 aromatic rings. The summed E-state index contributed by atoms with van der Waals surface area (Å²) in [6.07, 6.45) is -0.0175. The second-order valence-corrected chi connectivity index (χ2v) is 17.4. The molecule has 374 valence electrons. The number of rotatable bonds is 25. The molecule has 0 spiro atoms. The molecule has 0 fully saturated rings. The Hall–Kier alpha value is -6.12. The van der Waals surface area contributed by atoms with Gasteiger partial charge in [0.15, 0.2) is 36.2 Å². The molecule has 69 heavy (non-hydrogen) atoms. The number of carbonyl (C=O) groups is 1. The lowest BCUT2D eigenvalue weighted by molar-refractivity contribution is -0.154. The van der Waals surface area contributed by atoms with Crippen LogP contribution in [0, 0.1) is 23.2 Å². The smallest absolute Gasteiger partial charge is 0.422 e. The standard InChI is InChI=1S/C26H33F3N2O4.C26H29F3N2O3/c1-18(6-4-13-34-22-7-2-3-8-23(22)35-17-26(27,28)29)14-19-15-20-9-11-31(10-5-12-32)24(20)21(16-19)25(30)33;1-19(6-4-13-33-23-7-2-3-8-24(23)34-18-26(27,28)29)14-20-15-21-9-11-31(10-5-12-32)25(21)22(16-20)17-30/h2-3,7-8,15-16,18,32H,4-6,9-14,17H2,1H3,(H2,30,33);2-3,7-9,11,15-16,19,32H,4-6,10,12-14,18H2,1H3/t18-;19-/m00/s1. The van der Waals surface area contributed by atoms with Gasteiger partial charge in [0, 0.05) is 44.4 Å². The minimum Gasteiger partial charge on any atom is -0.490 e. The van der Waals surface area contributed by atoms with Gasteiger partial charge in [0.1, 0.15) is 6.07 Å². The lowest BCUT2D eigenvalue weighted by Crippen LogP contribution is -2.25. The van der Waals surface area contributed by atoms with E-state index in [2.05, 4.69) is 36.9 Å². The number of nitriles is 1. The van der Waals surface area contributed by atoms with Gasteiger partial charge in [-0.3, -0.25) is 4.79 Å². The first-order chi connectivity index (χ1) is 33.0. The van der Waals surface area contributed by atoms with Crippen LogP contribution in [0.25, 0.3) is 10.9 Å². The first-order valence-corrected chi connectivity index (χ1v) is 23.2. The van der Waals surface area contributed by atoms with Gasteiger partial charge in [-0.1, -0.05) is 44.2 Å². The summed E-state index contributed by atoms with van der Waals surface area (Å²) in [4.78, 5) is 14.3. The highest BCUT2D eigenvalue weighted by Crippen LogP contribution is 2.35. The van der Waals surface area contributed by atoms with E-state index in [4.69, 9.17) is 34.9 Å². The van der Waals surface area contributed by atoms with E-state index in [1.807, 2.05) is 29.0 Å². The van der Waals surface area contributed by atoms with Crippen molar-refractivity contribution in [2.45, 2.75) is 90.5 Å². The Kier molecular flexibility index (Phi) is 20.3. The molecule has 1 aliphatic rings. The number of aromatic nitrogens is 1. The van der Waals surface area contributed by atoms with Gasteiger partial charge in [0.05, 0.1) is 35.5 Å². The van der Waals surface area contributed by atoms with Crippen molar-refractivity contribution in [1.82, 2.24) is 4.57 Å². The molecule has 2 atom stereocenters. The number of hydrogen-bond donors (Lipinski definition) is 3. The summed E-state index contributed by atoms with van der Waals surface area (Å²) in [6.45, 7) is 4.60. The third kappa shape index (κ3) is 17.1. The number of amides is 1. The minimum atomic E-state index is -4.41. The zero-order valence-electron chi connectivity index (χ0n) is 39.1. The molecule has 4 N–H and O–H groups in total. The average Bonchev–Trinajstić information content (AvgIpc) is 3.92. The summed E-state index contributed by atoms with van der Waals surface area (Å²) in [5, 5.41) is 28.9. The number of ether oxygens (including phenoxy) is 4. The Balaban J connectivity index is 0.000000258. The second-order valence-electron chi connectivity index (χ2n) is 17.4. The van der Waals surface area contributed by atoms with Crippen LogP contribution in [-0.4, -0.2) is 85.8 Å². The highest BCUT2D eigenvalue weighted by atomic mass is 19.4. The minimum absolute atomic E-state index is 0.0722. The Bertz CT molecular complexity index is 2450. The summed E-state index contributed by atoms with van der Waals surface area (Å²) < 4.78 is 97.7. The van der Waals surface area contributed by atoms with Gasteiger partial charge in [-0.15, -0.1) is 0 Å². The van der Waals surface area contributed by atoms with E-state index < -0.39 is 31.5 Å². The molecule has 0 saturated carbocycles. The third-order valence-electron chi connectivity index (χ3n) is 11.5. The van der Waals surface area contributed by atoms with E-state index >= 15 is 0 Å². The fraction of sp³-hybridized carbons (Fsp3) is 0.462. The number of alkyl halides is 6. The number of carbonyl (C=O) groups excluding carboxylic acids is 1. The van der Waals surface area contributed by atoms with Crippen molar-refractivity contribution in [2.75, 3.05) is 57.6 Å². The average molecular weight is 969 g/mol. The number of aliphatic hydroxyl groups excluding tert-OH is 2. The molecule has 0 unspecified atom stereocenters. The SMILES string of the molecule is C[C@@H](CCCOc1ccccc1OCC(F)(F)F)Cc1cc(C#N)c2c(ccn2CCCO)c1.C[C@@H](CCCOc1ccccc1OCC(F)(F)F)Cc1cc2c(c(C(N)=O)c1)N(CCCO)CC2. The summed E-state index contributed by atoms with van der Waals surface area (Å²) in [7, 11) is 0. The molecule has 2 heterocycles. The zero-order chi connectivity index (χ0) is 50.0. The second kappa shape index (κ2) is 26.0. The fourth-order valence-corrected chi connectivity index (χ4v) is 8.46. The van der Waals surface area contributed by atoms with Crippen LogP contribution in [0.3, 0.4) is 0 Å². The highest BCUT2D eigenvalue weighted by Gasteiger charge is 2.30. The van der Waals surface area contributed by atoms with Crippen LogP contribution in [0.4, 0.5) is 32.0 Å². The molecule has 1 amide bonds. The third-order valence-corrected chi connectivity index (χ3v) is 11.5. The van der Waals surface area contributed by atoms with Crippen LogP contribution < -0.4 is 29.6 Å². The maximum atomic E-state index is 12.5. The van der Waals surface area contributed by atoms with Crippen molar-refractivity contribution in [3.05, 3.63) is 113 Å². The van der Waals surface area contributed by atoms with Gasteiger partial charge in [-0.25, -0.2) is 0 Å². The number of nitrogens with two attached hydrogens (primary N) is 1. The number of primary amides is 1. The van der Waals surface area contributed by atoms with Gasteiger partial charge < -0.3 is 44.4 Å². The normalized spacial score (nSPS) is 13.3. The first-order valence-electron chi connectivity index (χ1n) is 23.2. The van der Waals surface area contributed by atoms with Crippen molar-refractivity contribution in [3.8, 4) is 29.1 Å². The Labute approximate surface area is 399 Å². The monoisotopic (exact) mass is 968 g/mol. The van der Waals surface area contributed by atoms with E-state index in [9.17, 15) is 36.4 Å². The molecular weight excluding hydrogens is 907 g/mol.